The Morgan fingerprint density at radius 1 is 1.38 bits per heavy atom. The summed E-state index contributed by atoms with van der Waals surface area (Å²) >= 11 is 0. The van der Waals surface area contributed by atoms with Crippen LogP contribution in [-0.2, 0) is 14.8 Å². The lowest BCUT2D eigenvalue weighted by Crippen LogP contribution is -2.51. The first-order valence-corrected chi connectivity index (χ1v) is 6.81. The molecule has 6 nitrogen and oxygen atoms in total. The minimum atomic E-state index is -3.59. The van der Waals surface area contributed by atoms with Gasteiger partial charge in [0, 0.05) is 6.54 Å². The van der Waals surface area contributed by atoms with Crippen LogP contribution in [0.4, 0.5) is 0 Å². The van der Waals surface area contributed by atoms with Gasteiger partial charge in [0.25, 0.3) is 0 Å². The molecule has 0 aliphatic heterocycles. The van der Waals surface area contributed by atoms with E-state index in [0.29, 0.717) is 6.42 Å². The Balaban J connectivity index is 4.86. The molecule has 2 unspecified atom stereocenters. The van der Waals surface area contributed by atoms with Crippen molar-refractivity contribution in [3.8, 4) is 0 Å². The maximum Gasteiger partial charge on any atom is 0.235 e. The fourth-order valence-corrected chi connectivity index (χ4v) is 2.94. The lowest BCUT2D eigenvalue weighted by Gasteiger charge is -2.22. The molecule has 0 radical (unpaired) electrons. The van der Waals surface area contributed by atoms with Gasteiger partial charge in [0.1, 0.15) is 6.04 Å². The van der Waals surface area contributed by atoms with E-state index in [9.17, 15) is 13.2 Å². The number of primary amides is 1. The van der Waals surface area contributed by atoms with Crippen LogP contribution in [0.3, 0.4) is 0 Å². The highest BCUT2D eigenvalue weighted by Gasteiger charge is 2.29. The van der Waals surface area contributed by atoms with Crippen molar-refractivity contribution in [2.24, 2.45) is 17.4 Å². The average Bonchev–Trinajstić information content (AvgIpc) is 2.14. The number of sulfonamides is 1. The third-order valence-electron chi connectivity index (χ3n) is 2.42. The monoisotopic (exact) mass is 251 g/mol. The minimum absolute atomic E-state index is 0.0232. The van der Waals surface area contributed by atoms with Crippen LogP contribution in [0.25, 0.3) is 0 Å². The lowest BCUT2D eigenvalue weighted by molar-refractivity contribution is -0.120. The van der Waals surface area contributed by atoms with E-state index >= 15 is 0 Å². The second-order valence-electron chi connectivity index (χ2n) is 4.05. The molecule has 0 fully saturated rings. The molecular weight excluding hydrogens is 230 g/mol. The third kappa shape index (κ3) is 4.07. The fourth-order valence-electron chi connectivity index (χ4n) is 1.31. The van der Waals surface area contributed by atoms with Crippen LogP contribution < -0.4 is 16.2 Å². The molecule has 16 heavy (non-hydrogen) atoms. The smallest absolute Gasteiger partial charge is 0.235 e. The Bertz CT molecular complexity index is 323. The highest BCUT2D eigenvalue weighted by atomic mass is 32.2. The molecule has 0 heterocycles. The van der Waals surface area contributed by atoms with Crippen molar-refractivity contribution >= 4 is 15.9 Å². The number of hydrogen-bond acceptors (Lipinski definition) is 4. The van der Waals surface area contributed by atoms with Gasteiger partial charge < -0.3 is 11.5 Å². The van der Waals surface area contributed by atoms with Gasteiger partial charge in [-0.05, 0) is 12.3 Å². The molecule has 0 aromatic heterocycles. The predicted octanol–water partition coefficient (Wildman–Crippen LogP) is -0.847. The van der Waals surface area contributed by atoms with E-state index in [4.69, 9.17) is 11.5 Å². The Kier molecular flexibility index (Phi) is 5.91. The zero-order valence-electron chi connectivity index (χ0n) is 9.93. The largest absolute Gasteiger partial charge is 0.368 e. The van der Waals surface area contributed by atoms with Crippen molar-refractivity contribution in [3.05, 3.63) is 0 Å². The summed E-state index contributed by atoms with van der Waals surface area (Å²) in [5.41, 5.74) is 10.5. The molecule has 1 amide bonds. The first-order valence-electron chi connectivity index (χ1n) is 5.26. The molecule has 0 aliphatic rings. The van der Waals surface area contributed by atoms with Crippen LogP contribution in [0.5, 0.6) is 0 Å². The summed E-state index contributed by atoms with van der Waals surface area (Å²) in [4.78, 5) is 11.1. The van der Waals surface area contributed by atoms with Gasteiger partial charge in [-0.25, -0.2) is 13.1 Å². The molecule has 0 aromatic carbocycles. The Hall–Kier alpha value is -0.660. The summed E-state index contributed by atoms with van der Waals surface area (Å²) in [6.45, 7) is 5.20. The number of nitrogens with one attached hydrogen (secondary N) is 1. The molecule has 5 N–H and O–H groups in total. The van der Waals surface area contributed by atoms with E-state index in [2.05, 4.69) is 4.72 Å². The summed E-state index contributed by atoms with van der Waals surface area (Å²) in [6, 6.07) is -0.884. The van der Waals surface area contributed by atoms with E-state index in [0.717, 1.165) is 0 Å². The summed E-state index contributed by atoms with van der Waals surface area (Å²) in [5, 5.41) is -0.687. The van der Waals surface area contributed by atoms with Crippen molar-refractivity contribution in [2.75, 3.05) is 6.54 Å². The summed E-state index contributed by atoms with van der Waals surface area (Å²) in [7, 11) is -3.59. The fraction of sp³-hybridized carbons (Fsp3) is 0.889. The normalized spacial score (nSPS) is 16.1. The first kappa shape index (κ1) is 15.3. The minimum Gasteiger partial charge on any atom is -0.368 e. The molecule has 0 saturated carbocycles. The third-order valence-corrected chi connectivity index (χ3v) is 4.41. The van der Waals surface area contributed by atoms with Crippen LogP contribution in [0.15, 0.2) is 0 Å². The van der Waals surface area contributed by atoms with Crippen molar-refractivity contribution in [1.29, 1.82) is 0 Å². The van der Waals surface area contributed by atoms with Crippen molar-refractivity contribution in [1.82, 2.24) is 4.72 Å². The number of carbonyl (C=O) groups excluding carboxylic acids is 1. The van der Waals surface area contributed by atoms with Gasteiger partial charge in [-0.2, -0.15) is 0 Å². The van der Waals surface area contributed by atoms with E-state index in [1.54, 1.807) is 20.8 Å². The highest BCUT2D eigenvalue weighted by molar-refractivity contribution is 7.90. The molecule has 0 bridgehead atoms. The molecule has 0 aromatic rings. The second-order valence-corrected chi connectivity index (χ2v) is 6.05. The van der Waals surface area contributed by atoms with E-state index < -0.39 is 27.2 Å². The van der Waals surface area contributed by atoms with Crippen LogP contribution in [-0.4, -0.2) is 32.2 Å². The predicted molar refractivity (Wildman–Crippen MR) is 63.0 cm³/mol. The Labute approximate surface area is 96.8 Å². The van der Waals surface area contributed by atoms with Crippen LogP contribution in [0, 0.1) is 5.92 Å². The first-order chi connectivity index (χ1) is 7.26. The SMILES string of the molecule is CCC(CN)S(=O)(=O)NC(C(N)=O)C(C)C. The van der Waals surface area contributed by atoms with Gasteiger partial charge in [0.2, 0.25) is 15.9 Å². The zero-order chi connectivity index (χ0) is 12.9. The van der Waals surface area contributed by atoms with Crippen molar-refractivity contribution in [2.45, 2.75) is 38.5 Å². The van der Waals surface area contributed by atoms with Gasteiger partial charge in [-0.3, -0.25) is 4.79 Å². The molecule has 96 valence electrons. The molecule has 0 aliphatic carbocycles. The summed E-state index contributed by atoms with van der Waals surface area (Å²) in [5.74, 6) is -0.868. The second kappa shape index (κ2) is 6.17. The van der Waals surface area contributed by atoms with Crippen LogP contribution in [0.2, 0.25) is 0 Å². The number of nitrogens with two attached hydrogens (primary N) is 2. The number of carbonyl (C=O) groups is 1. The standard InChI is InChI=1S/C9H21N3O3S/c1-4-7(5-10)16(14,15)12-8(6(2)3)9(11)13/h6-8,12H,4-5,10H2,1-3H3,(H2,11,13). The van der Waals surface area contributed by atoms with Crippen molar-refractivity contribution in [3.63, 3.8) is 0 Å². The molecule has 2 atom stereocenters. The van der Waals surface area contributed by atoms with Crippen LogP contribution >= 0.6 is 0 Å². The zero-order valence-corrected chi connectivity index (χ0v) is 10.8. The van der Waals surface area contributed by atoms with E-state index in [-0.39, 0.29) is 12.5 Å². The van der Waals surface area contributed by atoms with Gasteiger partial charge in [0.15, 0.2) is 0 Å². The highest BCUT2D eigenvalue weighted by Crippen LogP contribution is 2.08. The van der Waals surface area contributed by atoms with Gasteiger partial charge in [-0.15, -0.1) is 0 Å². The molecule has 0 spiro atoms. The van der Waals surface area contributed by atoms with Crippen molar-refractivity contribution < 1.29 is 13.2 Å². The Morgan fingerprint density at radius 2 is 1.88 bits per heavy atom. The molecule has 7 heteroatoms. The quantitative estimate of drug-likeness (QED) is 0.546. The summed E-state index contributed by atoms with van der Waals surface area (Å²) < 4.78 is 25.9. The molecule has 0 saturated heterocycles. The van der Waals surface area contributed by atoms with E-state index in [1.807, 2.05) is 0 Å². The average molecular weight is 251 g/mol. The number of amides is 1. The van der Waals surface area contributed by atoms with Crippen LogP contribution in [0.1, 0.15) is 27.2 Å². The molecular formula is C9H21N3O3S. The number of rotatable bonds is 7. The Morgan fingerprint density at radius 3 is 2.12 bits per heavy atom. The van der Waals surface area contributed by atoms with Gasteiger partial charge in [-0.1, -0.05) is 20.8 Å². The van der Waals surface area contributed by atoms with E-state index in [1.165, 1.54) is 0 Å². The number of hydrogen-bond donors (Lipinski definition) is 3. The lowest BCUT2D eigenvalue weighted by atomic mass is 10.1. The molecule has 0 rings (SSSR count). The van der Waals surface area contributed by atoms with Gasteiger partial charge >= 0.3 is 0 Å². The summed E-state index contributed by atoms with van der Waals surface area (Å²) in [6.07, 6.45) is 0.398. The van der Waals surface area contributed by atoms with Gasteiger partial charge in [0.05, 0.1) is 5.25 Å². The maximum atomic E-state index is 11.8. The topological polar surface area (TPSA) is 115 Å². The maximum absolute atomic E-state index is 11.8.